The summed E-state index contributed by atoms with van der Waals surface area (Å²) < 4.78 is 0. The number of nitrogens with one attached hydrogen (secondary N) is 3. The summed E-state index contributed by atoms with van der Waals surface area (Å²) in [6.45, 7) is 3.60. The highest BCUT2D eigenvalue weighted by Crippen LogP contribution is 2.29. The van der Waals surface area contributed by atoms with E-state index in [1.165, 1.54) is 0 Å². The van der Waals surface area contributed by atoms with Crippen LogP contribution in [0.1, 0.15) is 24.2 Å². The van der Waals surface area contributed by atoms with Crippen LogP contribution in [0.3, 0.4) is 0 Å². The second kappa shape index (κ2) is 8.46. The second-order valence-electron chi connectivity index (χ2n) is 6.38. The first-order chi connectivity index (χ1) is 13.4. The fourth-order valence-electron chi connectivity index (χ4n) is 2.56. The van der Waals surface area contributed by atoms with E-state index in [-0.39, 0.29) is 27.4 Å². The molecule has 0 spiro atoms. The predicted octanol–water partition coefficient (Wildman–Crippen LogP) is 4.89. The predicted molar refractivity (Wildman–Crippen MR) is 113 cm³/mol. The highest BCUT2D eigenvalue weighted by Gasteiger charge is 2.16. The summed E-state index contributed by atoms with van der Waals surface area (Å²) in [5.41, 5.74) is 7.47. The molecule has 0 saturated heterocycles. The maximum absolute atomic E-state index is 12.7. The van der Waals surface area contributed by atoms with Gasteiger partial charge in [-0.2, -0.15) is 0 Å². The Kier molecular flexibility index (Phi) is 6.02. The Balaban J connectivity index is 1.92. The minimum Gasteiger partial charge on any atom is -0.320 e. The van der Waals surface area contributed by atoms with E-state index in [1.54, 1.807) is 56.4 Å². The van der Waals surface area contributed by atoms with Crippen molar-refractivity contribution < 1.29 is 9.59 Å². The van der Waals surface area contributed by atoms with E-state index in [0.717, 1.165) is 5.39 Å². The summed E-state index contributed by atoms with van der Waals surface area (Å²) >= 11 is 12.2. The number of hydrogen-bond acceptors (Lipinski definition) is 4. The molecule has 144 valence electrons. The van der Waals surface area contributed by atoms with Crippen LogP contribution in [0.4, 0.5) is 11.4 Å². The number of carbonyl (C=O) groups excluding carboxylic acids is 2. The largest absolute Gasteiger partial charge is 0.320 e. The third-order valence-electron chi connectivity index (χ3n) is 4.05. The third-order valence-corrected chi connectivity index (χ3v) is 4.68. The molecule has 0 aliphatic carbocycles. The van der Waals surface area contributed by atoms with Crippen LogP contribution in [-0.2, 0) is 4.79 Å². The smallest absolute Gasteiger partial charge is 0.258 e. The van der Waals surface area contributed by atoms with E-state index in [0.29, 0.717) is 16.9 Å². The fraction of sp³-hybridized carbons (Fsp3) is 0.150. The summed E-state index contributed by atoms with van der Waals surface area (Å²) in [4.78, 5) is 28.9. The Morgan fingerprint density at radius 3 is 2.32 bits per heavy atom. The number of aromatic nitrogens is 1. The molecule has 0 aliphatic rings. The van der Waals surface area contributed by atoms with Crippen molar-refractivity contribution in [1.82, 2.24) is 10.4 Å². The Morgan fingerprint density at radius 2 is 1.64 bits per heavy atom. The number of rotatable bonds is 5. The van der Waals surface area contributed by atoms with Gasteiger partial charge < -0.3 is 5.32 Å². The summed E-state index contributed by atoms with van der Waals surface area (Å²) in [5, 5.41) is 4.06. The minimum atomic E-state index is -0.434. The van der Waals surface area contributed by atoms with Crippen LogP contribution in [0.25, 0.3) is 10.9 Å². The van der Waals surface area contributed by atoms with Crippen molar-refractivity contribution in [2.24, 2.45) is 5.92 Å². The molecular formula is C20H18Cl2N4O2. The quantitative estimate of drug-likeness (QED) is 0.516. The first-order valence-corrected chi connectivity index (χ1v) is 9.33. The number of carbonyl (C=O) groups is 2. The molecule has 2 aromatic carbocycles. The van der Waals surface area contributed by atoms with Gasteiger partial charge in [-0.05, 0) is 24.3 Å². The molecule has 1 heterocycles. The van der Waals surface area contributed by atoms with E-state index in [2.05, 4.69) is 21.2 Å². The molecule has 8 heteroatoms. The monoisotopic (exact) mass is 416 g/mol. The standard InChI is InChI=1S/C20H18Cl2N4O2/c1-11(2)19(27)26-25-15-9-10-23-18-12(15)5-3-8-16(18)24-20(28)17-13(21)6-4-7-14(17)22/h3-11H,1-2H3,(H,23,25)(H,24,28)(H,26,27). The molecule has 3 rings (SSSR count). The average molecular weight is 417 g/mol. The Morgan fingerprint density at radius 1 is 0.964 bits per heavy atom. The first-order valence-electron chi connectivity index (χ1n) is 8.57. The lowest BCUT2D eigenvalue weighted by molar-refractivity contribution is -0.123. The van der Waals surface area contributed by atoms with Gasteiger partial charge in [0, 0.05) is 17.5 Å². The van der Waals surface area contributed by atoms with Gasteiger partial charge in [0.25, 0.3) is 5.91 Å². The number of nitrogens with zero attached hydrogens (tertiary/aromatic N) is 1. The molecule has 3 aromatic rings. The summed E-state index contributed by atoms with van der Waals surface area (Å²) in [6.07, 6.45) is 1.59. The van der Waals surface area contributed by atoms with E-state index >= 15 is 0 Å². The van der Waals surface area contributed by atoms with Crippen molar-refractivity contribution in [3.05, 3.63) is 64.3 Å². The van der Waals surface area contributed by atoms with Crippen LogP contribution < -0.4 is 16.2 Å². The van der Waals surface area contributed by atoms with Crippen molar-refractivity contribution in [2.75, 3.05) is 10.7 Å². The molecule has 2 amide bonds. The molecule has 0 saturated carbocycles. The number of fused-ring (bicyclic) bond motifs is 1. The molecule has 0 aliphatic heterocycles. The highest BCUT2D eigenvalue weighted by molar-refractivity contribution is 6.40. The van der Waals surface area contributed by atoms with Crippen molar-refractivity contribution in [3.63, 3.8) is 0 Å². The van der Waals surface area contributed by atoms with Crippen molar-refractivity contribution in [1.29, 1.82) is 0 Å². The summed E-state index contributed by atoms with van der Waals surface area (Å²) in [7, 11) is 0. The zero-order valence-electron chi connectivity index (χ0n) is 15.2. The SMILES string of the molecule is CC(C)C(=O)NNc1ccnc2c(NC(=O)c3c(Cl)cccc3Cl)cccc12. The molecule has 0 radical (unpaired) electrons. The molecule has 3 N–H and O–H groups in total. The minimum absolute atomic E-state index is 0.136. The number of hydrogen-bond donors (Lipinski definition) is 3. The molecule has 0 fully saturated rings. The van der Waals surface area contributed by atoms with E-state index in [9.17, 15) is 9.59 Å². The van der Waals surface area contributed by atoms with Crippen LogP contribution in [0.2, 0.25) is 10.0 Å². The Hall–Kier alpha value is -2.83. The lowest BCUT2D eigenvalue weighted by Crippen LogP contribution is -2.32. The van der Waals surface area contributed by atoms with Gasteiger partial charge in [-0.3, -0.25) is 25.4 Å². The second-order valence-corrected chi connectivity index (χ2v) is 7.19. The number of benzene rings is 2. The van der Waals surface area contributed by atoms with Gasteiger partial charge in [0.2, 0.25) is 5.91 Å². The van der Waals surface area contributed by atoms with Crippen LogP contribution in [0, 0.1) is 5.92 Å². The number of amides is 2. The topological polar surface area (TPSA) is 83.1 Å². The maximum Gasteiger partial charge on any atom is 0.258 e. The van der Waals surface area contributed by atoms with Crippen molar-refractivity contribution in [2.45, 2.75) is 13.8 Å². The maximum atomic E-state index is 12.7. The summed E-state index contributed by atoms with van der Waals surface area (Å²) in [6, 6.07) is 12.0. The zero-order valence-corrected chi connectivity index (χ0v) is 16.7. The fourth-order valence-corrected chi connectivity index (χ4v) is 3.13. The number of anilines is 2. The molecular weight excluding hydrogens is 399 g/mol. The molecule has 28 heavy (non-hydrogen) atoms. The summed E-state index contributed by atoms with van der Waals surface area (Å²) in [5.74, 6) is -0.727. The highest BCUT2D eigenvalue weighted by atomic mass is 35.5. The van der Waals surface area contributed by atoms with Gasteiger partial charge in [0.1, 0.15) is 0 Å². The van der Waals surface area contributed by atoms with Crippen molar-refractivity contribution in [3.8, 4) is 0 Å². The molecule has 6 nitrogen and oxygen atoms in total. The van der Waals surface area contributed by atoms with Gasteiger partial charge in [0.05, 0.1) is 32.5 Å². The average Bonchev–Trinajstić information content (AvgIpc) is 2.66. The zero-order chi connectivity index (χ0) is 20.3. The lowest BCUT2D eigenvalue weighted by atomic mass is 10.1. The molecule has 0 unspecified atom stereocenters. The number of pyridine rings is 1. The first kappa shape index (κ1) is 19.9. The van der Waals surface area contributed by atoms with Crippen molar-refractivity contribution >= 4 is 57.3 Å². The van der Waals surface area contributed by atoms with Crippen LogP contribution >= 0.6 is 23.2 Å². The van der Waals surface area contributed by atoms with Crippen LogP contribution in [0.5, 0.6) is 0 Å². The Labute approximate surface area is 172 Å². The van der Waals surface area contributed by atoms with Gasteiger partial charge in [0.15, 0.2) is 0 Å². The third kappa shape index (κ3) is 4.18. The van der Waals surface area contributed by atoms with E-state index in [4.69, 9.17) is 23.2 Å². The number of para-hydroxylation sites is 1. The number of hydrazine groups is 1. The van der Waals surface area contributed by atoms with Gasteiger partial charge in [-0.25, -0.2) is 0 Å². The van der Waals surface area contributed by atoms with E-state index in [1.807, 2.05) is 6.07 Å². The Bertz CT molecular complexity index is 1030. The normalized spacial score (nSPS) is 10.8. The van der Waals surface area contributed by atoms with Gasteiger partial charge in [-0.1, -0.05) is 55.2 Å². The molecule has 0 bridgehead atoms. The van der Waals surface area contributed by atoms with E-state index < -0.39 is 5.91 Å². The molecule has 1 aromatic heterocycles. The van der Waals surface area contributed by atoms with Crippen LogP contribution in [-0.4, -0.2) is 16.8 Å². The van der Waals surface area contributed by atoms with Gasteiger partial charge in [-0.15, -0.1) is 0 Å². The molecule has 0 atom stereocenters. The van der Waals surface area contributed by atoms with Crippen LogP contribution in [0.15, 0.2) is 48.7 Å². The number of halogens is 2. The lowest BCUT2D eigenvalue weighted by Gasteiger charge is -2.14. The van der Waals surface area contributed by atoms with Gasteiger partial charge >= 0.3 is 0 Å².